The number of likely N-dealkylation sites (tertiary alicyclic amines) is 1. The average Bonchev–Trinajstić information content (AvgIpc) is 3.58. The number of benzene rings is 1. The van der Waals surface area contributed by atoms with E-state index in [0.717, 1.165) is 18.4 Å². The van der Waals surface area contributed by atoms with E-state index in [4.69, 9.17) is 4.74 Å². The van der Waals surface area contributed by atoms with E-state index in [-0.39, 0.29) is 52.8 Å². The number of esters is 1. The lowest BCUT2D eigenvalue weighted by molar-refractivity contribution is -0.144. The molecule has 194 valence electrons. The maximum atomic E-state index is 14.8. The van der Waals surface area contributed by atoms with Crippen LogP contribution >= 0.6 is 24.2 Å². The van der Waals surface area contributed by atoms with Gasteiger partial charge in [-0.05, 0) is 50.0 Å². The number of carbonyl (C=O) groups excluding carboxylic acids is 3. The summed E-state index contributed by atoms with van der Waals surface area (Å²) in [4.78, 5) is 39.0. The summed E-state index contributed by atoms with van der Waals surface area (Å²) in [5.41, 5.74) is 2.00. The number of ketones is 1. The second kappa shape index (κ2) is 12.7. The summed E-state index contributed by atoms with van der Waals surface area (Å²) in [6, 6.07) is 7.62. The molecule has 1 aliphatic heterocycles. The monoisotopic (exact) mass is 535 g/mol. The quantitative estimate of drug-likeness (QED) is 0.438. The molecule has 2 aromatic rings. The summed E-state index contributed by atoms with van der Waals surface area (Å²) < 4.78 is 21.3. The summed E-state index contributed by atoms with van der Waals surface area (Å²) >= 11 is 1.26. The standard InChI is InChI=1S/C26H30FN3O4S.ClH/c1-3-34-24(32)16-30-13-10-20(28-30)14-19-15-29(12-11-23(19)35-17(2)31)25(26(33)18-8-9-18)21-6-4-5-7-22(21)27;/h4-7,10,13-14,18,23,25H,3,8-9,11-12,15-16H2,1-2H3;1H/b19-14+;. The first-order valence-electron chi connectivity index (χ1n) is 11.9. The largest absolute Gasteiger partial charge is 0.465 e. The van der Waals surface area contributed by atoms with Crippen LogP contribution in [0.15, 0.2) is 42.1 Å². The molecule has 2 fully saturated rings. The van der Waals surface area contributed by atoms with Crippen LogP contribution in [0.3, 0.4) is 0 Å². The van der Waals surface area contributed by atoms with E-state index < -0.39 is 6.04 Å². The van der Waals surface area contributed by atoms with Crippen LogP contribution in [0, 0.1) is 11.7 Å². The Labute approximate surface area is 220 Å². The summed E-state index contributed by atoms with van der Waals surface area (Å²) in [5.74, 6) is -0.703. The van der Waals surface area contributed by atoms with Gasteiger partial charge in [0, 0.05) is 42.9 Å². The maximum Gasteiger partial charge on any atom is 0.327 e. The molecule has 1 aromatic heterocycles. The minimum Gasteiger partial charge on any atom is -0.465 e. The Morgan fingerprint density at radius 1 is 1.22 bits per heavy atom. The van der Waals surface area contributed by atoms with Gasteiger partial charge < -0.3 is 4.74 Å². The molecule has 1 saturated carbocycles. The molecule has 0 bridgehead atoms. The van der Waals surface area contributed by atoms with Gasteiger partial charge in [0.2, 0.25) is 0 Å². The number of nitrogens with zero attached hydrogens (tertiary/aromatic N) is 3. The van der Waals surface area contributed by atoms with E-state index in [1.54, 1.807) is 44.3 Å². The zero-order valence-corrected chi connectivity index (χ0v) is 22.0. The van der Waals surface area contributed by atoms with Crippen LogP contribution in [0.5, 0.6) is 0 Å². The first-order valence-corrected chi connectivity index (χ1v) is 12.8. The SMILES string of the molecule is CCOC(=O)Cn1ccc(/C=C2\CN(C(C(=O)C3CC3)c3ccccc3F)CCC2SC(C)=O)n1.Cl. The number of Topliss-reactive ketones (excluding diaryl/α,β-unsaturated/α-hetero) is 1. The van der Waals surface area contributed by atoms with Crippen molar-refractivity contribution in [2.24, 2.45) is 5.92 Å². The number of hydrogen-bond donors (Lipinski definition) is 0. The number of piperidine rings is 1. The molecule has 36 heavy (non-hydrogen) atoms. The van der Waals surface area contributed by atoms with Crippen LogP contribution in [-0.4, -0.2) is 56.5 Å². The van der Waals surface area contributed by atoms with Gasteiger partial charge in [0.25, 0.3) is 0 Å². The van der Waals surface area contributed by atoms with Gasteiger partial charge in [0.1, 0.15) is 12.4 Å². The molecule has 0 N–H and O–H groups in total. The molecule has 0 spiro atoms. The van der Waals surface area contributed by atoms with Crippen molar-refractivity contribution < 1.29 is 23.5 Å². The maximum absolute atomic E-state index is 14.8. The van der Waals surface area contributed by atoms with E-state index in [1.807, 2.05) is 11.0 Å². The van der Waals surface area contributed by atoms with E-state index >= 15 is 0 Å². The fourth-order valence-corrected chi connectivity index (χ4v) is 5.38. The molecule has 2 atom stereocenters. The van der Waals surface area contributed by atoms with Crippen LogP contribution in [0.2, 0.25) is 0 Å². The summed E-state index contributed by atoms with van der Waals surface area (Å²) in [6.45, 7) is 4.62. The Balaban J connectivity index is 0.00000361. The van der Waals surface area contributed by atoms with E-state index in [1.165, 1.54) is 22.5 Å². The predicted octanol–water partition coefficient (Wildman–Crippen LogP) is 4.46. The Hall–Kier alpha value is -2.49. The second-order valence-corrected chi connectivity index (χ2v) is 10.3. The number of ether oxygens (including phenoxy) is 1. The van der Waals surface area contributed by atoms with E-state index in [0.29, 0.717) is 37.4 Å². The summed E-state index contributed by atoms with van der Waals surface area (Å²) in [7, 11) is 0. The third-order valence-corrected chi connectivity index (χ3v) is 7.35. The summed E-state index contributed by atoms with van der Waals surface area (Å²) in [5, 5.41) is 4.41. The van der Waals surface area contributed by atoms with Gasteiger partial charge in [-0.25, -0.2) is 4.39 Å². The van der Waals surface area contributed by atoms with Crippen LogP contribution in [0.25, 0.3) is 6.08 Å². The minimum atomic E-state index is -0.656. The molecule has 0 amide bonds. The molecule has 2 aliphatic rings. The highest BCUT2D eigenvalue weighted by Gasteiger charge is 2.41. The number of hydrogen-bond acceptors (Lipinski definition) is 7. The van der Waals surface area contributed by atoms with Gasteiger partial charge in [-0.1, -0.05) is 30.0 Å². The molecule has 1 aromatic carbocycles. The van der Waals surface area contributed by atoms with Crippen molar-refractivity contribution in [1.29, 1.82) is 0 Å². The molecular weight excluding hydrogens is 505 g/mol. The van der Waals surface area contributed by atoms with Gasteiger partial charge in [0.15, 0.2) is 10.9 Å². The van der Waals surface area contributed by atoms with Crippen molar-refractivity contribution in [1.82, 2.24) is 14.7 Å². The lowest BCUT2D eigenvalue weighted by atomic mass is 9.93. The number of thioether (sulfide) groups is 1. The van der Waals surface area contributed by atoms with Crippen molar-refractivity contribution in [3.05, 3.63) is 59.2 Å². The predicted molar refractivity (Wildman–Crippen MR) is 139 cm³/mol. The molecule has 4 rings (SSSR count). The van der Waals surface area contributed by atoms with Crippen molar-refractivity contribution >= 4 is 47.1 Å². The Morgan fingerprint density at radius 2 is 1.97 bits per heavy atom. The normalized spacial score (nSPS) is 20.0. The molecule has 10 heteroatoms. The van der Waals surface area contributed by atoms with Crippen LogP contribution in [0.1, 0.15) is 50.4 Å². The third-order valence-electron chi connectivity index (χ3n) is 6.19. The lowest BCUT2D eigenvalue weighted by Gasteiger charge is -2.38. The first-order chi connectivity index (χ1) is 16.9. The van der Waals surface area contributed by atoms with Crippen LogP contribution in [-0.2, 0) is 25.7 Å². The highest BCUT2D eigenvalue weighted by molar-refractivity contribution is 8.14. The first kappa shape index (κ1) is 28.1. The van der Waals surface area contributed by atoms with Gasteiger partial charge in [-0.3, -0.25) is 24.0 Å². The Morgan fingerprint density at radius 3 is 2.64 bits per heavy atom. The highest BCUT2D eigenvalue weighted by atomic mass is 35.5. The number of aromatic nitrogens is 2. The molecule has 2 unspecified atom stereocenters. The van der Waals surface area contributed by atoms with Gasteiger partial charge in [-0.15, -0.1) is 12.4 Å². The van der Waals surface area contributed by atoms with Gasteiger partial charge in [-0.2, -0.15) is 5.10 Å². The average molecular weight is 536 g/mol. The van der Waals surface area contributed by atoms with Crippen LogP contribution in [0.4, 0.5) is 4.39 Å². The molecule has 2 heterocycles. The summed E-state index contributed by atoms with van der Waals surface area (Å²) in [6.07, 6.45) is 5.97. The van der Waals surface area contributed by atoms with Crippen LogP contribution < -0.4 is 0 Å². The molecule has 1 saturated heterocycles. The third kappa shape index (κ3) is 7.05. The molecular formula is C26H31ClFN3O4S. The molecule has 0 radical (unpaired) electrons. The lowest BCUT2D eigenvalue weighted by Crippen LogP contribution is -2.43. The number of carbonyl (C=O) groups is 3. The van der Waals surface area contributed by atoms with Crippen molar-refractivity contribution in [2.45, 2.75) is 50.9 Å². The second-order valence-electron chi connectivity index (χ2n) is 8.92. The zero-order chi connectivity index (χ0) is 24.9. The van der Waals surface area contributed by atoms with Gasteiger partial charge in [0.05, 0.1) is 18.3 Å². The van der Waals surface area contributed by atoms with E-state index in [2.05, 4.69) is 5.10 Å². The Kier molecular flexibility index (Phi) is 9.87. The molecule has 1 aliphatic carbocycles. The fourth-order valence-electron chi connectivity index (χ4n) is 4.47. The number of halogens is 2. The molecule has 7 nitrogen and oxygen atoms in total. The van der Waals surface area contributed by atoms with Crippen molar-refractivity contribution in [3.8, 4) is 0 Å². The van der Waals surface area contributed by atoms with E-state index in [9.17, 15) is 18.8 Å². The zero-order valence-electron chi connectivity index (χ0n) is 20.4. The Bertz CT molecular complexity index is 1130. The smallest absolute Gasteiger partial charge is 0.327 e. The number of rotatable bonds is 9. The van der Waals surface area contributed by atoms with Crippen molar-refractivity contribution in [2.75, 3.05) is 19.7 Å². The van der Waals surface area contributed by atoms with Crippen molar-refractivity contribution in [3.63, 3.8) is 0 Å². The van der Waals surface area contributed by atoms with Gasteiger partial charge >= 0.3 is 5.97 Å². The highest BCUT2D eigenvalue weighted by Crippen LogP contribution is 2.40. The minimum absolute atomic E-state index is 0. The fraction of sp³-hybridized carbons (Fsp3) is 0.462. The topological polar surface area (TPSA) is 81.5 Å².